The number of hydrogen-bond acceptors (Lipinski definition) is 4. The average Bonchev–Trinajstić information content (AvgIpc) is 2.75. The molecule has 1 aliphatic heterocycles. The Morgan fingerprint density at radius 2 is 2.50 bits per heavy atom. The summed E-state index contributed by atoms with van der Waals surface area (Å²) in [5, 5.41) is 6.70. The lowest BCUT2D eigenvalue weighted by molar-refractivity contribution is -0.112. The Morgan fingerprint density at radius 1 is 1.75 bits per heavy atom. The molecule has 1 fully saturated rings. The Labute approximate surface area is 105 Å². The maximum atomic E-state index is 11.9. The van der Waals surface area contributed by atoms with Crippen LogP contribution < -0.4 is 5.32 Å². The van der Waals surface area contributed by atoms with Crippen LogP contribution in [0.3, 0.4) is 0 Å². The smallest absolute Gasteiger partial charge is 0.271 e. The highest BCUT2D eigenvalue weighted by atomic mass is 79.9. The van der Waals surface area contributed by atoms with Crippen molar-refractivity contribution in [3.8, 4) is 0 Å². The van der Waals surface area contributed by atoms with Crippen molar-refractivity contribution in [1.29, 1.82) is 0 Å². The van der Waals surface area contributed by atoms with Gasteiger partial charge in [-0.25, -0.2) is 0 Å². The molecule has 1 aromatic heterocycles. The number of rotatable bonds is 2. The number of aryl methyl sites for hydroxylation is 1. The third kappa shape index (κ3) is 2.15. The monoisotopic (exact) mass is 303 g/mol. The van der Waals surface area contributed by atoms with Gasteiger partial charge >= 0.3 is 0 Å². The molecule has 5 nitrogen and oxygen atoms in total. The standard InChI is InChI=1S/C9H10BrN3O2S/c1-13-7(5(10)4-11-13)8(14)12-6-2-3-16-9(6)15/h4,6H,2-3H2,1H3,(H,12,14). The maximum Gasteiger partial charge on any atom is 0.271 e. The van der Waals surface area contributed by atoms with E-state index in [4.69, 9.17) is 0 Å². The summed E-state index contributed by atoms with van der Waals surface area (Å²) < 4.78 is 2.11. The minimum Gasteiger partial charge on any atom is -0.340 e. The Balaban J connectivity index is 2.11. The summed E-state index contributed by atoms with van der Waals surface area (Å²) in [6, 6.07) is -0.362. The quantitative estimate of drug-likeness (QED) is 0.883. The highest BCUT2D eigenvalue weighted by Gasteiger charge is 2.28. The molecule has 7 heteroatoms. The molecule has 1 amide bonds. The zero-order valence-electron chi connectivity index (χ0n) is 8.57. The number of nitrogens with zero attached hydrogens (tertiary/aromatic N) is 2. The zero-order chi connectivity index (χ0) is 11.7. The molecule has 1 aromatic rings. The lowest BCUT2D eigenvalue weighted by Crippen LogP contribution is -2.38. The number of halogens is 1. The summed E-state index contributed by atoms with van der Waals surface area (Å²) in [5.41, 5.74) is 0.435. The molecule has 1 saturated heterocycles. The molecular formula is C9H10BrN3O2S. The van der Waals surface area contributed by atoms with Gasteiger partial charge in [0, 0.05) is 12.8 Å². The molecule has 1 atom stereocenters. The predicted molar refractivity (Wildman–Crippen MR) is 64.2 cm³/mol. The fourth-order valence-corrected chi connectivity index (χ4v) is 2.98. The van der Waals surface area contributed by atoms with Gasteiger partial charge in [-0.1, -0.05) is 11.8 Å². The van der Waals surface area contributed by atoms with Gasteiger partial charge in [0.05, 0.1) is 16.7 Å². The molecule has 0 aromatic carbocycles. The summed E-state index contributed by atoms with van der Waals surface area (Å²) in [6.07, 6.45) is 2.25. The van der Waals surface area contributed by atoms with Crippen LogP contribution in [-0.4, -0.2) is 32.6 Å². The molecule has 1 aliphatic rings. The van der Waals surface area contributed by atoms with Gasteiger partial charge in [0.15, 0.2) is 0 Å². The van der Waals surface area contributed by atoms with Crippen molar-refractivity contribution in [2.75, 3.05) is 5.75 Å². The number of thioether (sulfide) groups is 1. The largest absolute Gasteiger partial charge is 0.340 e. The predicted octanol–water partition coefficient (Wildman–Crippen LogP) is 0.945. The number of nitrogens with one attached hydrogen (secondary N) is 1. The summed E-state index contributed by atoms with van der Waals surface area (Å²) in [7, 11) is 1.69. The average molecular weight is 304 g/mol. The molecule has 0 spiro atoms. The number of aromatic nitrogens is 2. The van der Waals surface area contributed by atoms with E-state index in [1.54, 1.807) is 13.2 Å². The number of carbonyl (C=O) groups excluding carboxylic acids is 2. The van der Waals surface area contributed by atoms with Crippen molar-refractivity contribution in [3.63, 3.8) is 0 Å². The lowest BCUT2D eigenvalue weighted by atomic mass is 10.2. The Kier molecular flexibility index (Phi) is 3.34. The summed E-state index contributed by atoms with van der Waals surface area (Å²) in [4.78, 5) is 23.2. The minimum atomic E-state index is -0.362. The van der Waals surface area contributed by atoms with Gasteiger partial charge in [0.1, 0.15) is 5.69 Å². The van der Waals surface area contributed by atoms with Crippen LogP contribution in [0.1, 0.15) is 16.9 Å². The van der Waals surface area contributed by atoms with Gasteiger partial charge in [-0.2, -0.15) is 5.10 Å². The van der Waals surface area contributed by atoms with Gasteiger partial charge in [-0.3, -0.25) is 14.3 Å². The van der Waals surface area contributed by atoms with Gasteiger partial charge in [-0.05, 0) is 22.4 Å². The normalized spacial score (nSPS) is 20.1. The SMILES string of the molecule is Cn1ncc(Br)c1C(=O)NC1CCSC1=O. The molecule has 2 rings (SSSR count). The van der Waals surface area contributed by atoms with Gasteiger partial charge < -0.3 is 5.32 Å². The fraction of sp³-hybridized carbons (Fsp3) is 0.444. The second-order valence-electron chi connectivity index (χ2n) is 3.45. The van der Waals surface area contributed by atoms with Crippen molar-refractivity contribution in [2.24, 2.45) is 7.05 Å². The first kappa shape index (κ1) is 11.7. The van der Waals surface area contributed by atoms with Crippen LogP contribution in [0.2, 0.25) is 0 Å². The molecule has 0 bridgehead atoms. The van der Waals surface area contributed by atoms with Crippen molar-refractivity contribution >= 4 is 38.7 Å². The Hall–Kier alpha value is -0.820. The van der Waals surface area contributed by atoms with E-state index < -0.39 is 0 Å². The van der Waals surface area contributed by atoms with E-state index in [0.717, 1.165) is 5.75 Å². The molecular weight excluding hydrogens is 294 g/mol. The zero-order valence-corrected chi connectivity index (χ0v) is 11.0. The number of carbonyl (C=O) groups is 2. The van der Waals surface area contributed by atoms with Crippen LogP contribution in [0.4, 0.5) is 0 Å². The van der Waals surface area contributed by atoms with E-state index in [-0.39, 0.29) is 17.1 Å². The van der Waals surface area contributed by atoms with Crippen molar-refractivity contribution in [1.82, 2.24) is 15.1 Å². The van der Waals surface area contributed by atoms with E-state index in [1.165, 1.54) is 16.4 Å². The van der Waals surface area contributed by atoms with Gasteiger partial charge in [0.2, 0.25) is 5.12 Å². The Morgan fingerprint density at radius 3 is 3.00 bits per heavy atom. The van der Waals surface area contributed by atoms with Gasteiger partial charge in [-0.15, -0.1) is 0 Å². The first-order valence-electron chi connectivity index (χ1n) is 4.74. The van der Waals surface area contributed by atoms with E-state index in [1.807, 2.05) is 0 Å². The van der Waals surface area contributed by atoms with Crippen LogP contribution in [0.15, 0.2) is 10.7 Å². The van der Waals surface area contributed by atoms with Crippen LogP contribution in [-0.2, 0) is 11.8 Å². The number of hydrogen-bond donors (Lipinski definition) is 1. The molecule has 0 radical (unpaired) electrons. The van der Waals surface area contributed by atoms with Crippen LogP contribution in [0.25, 0.3) is 0 Å². The van der Waals surface area contributed by atoms with Crippen molar-refractivity contribution < 1.29 is 9.59 Å². The topological polar surface area (TPSA) is 64.0 Å². The third-order valence-corrected chi connectivity index (χ3v) is 3.94. The van der Waals surface area contributed by atoms with Crippen LogP contribution in [0, 0.1) is 0 Å². The first-order valence-corrected chi connectivity index (χ1v) is 6.52. The molecule has 2 heterocycles. The summed E-state index contributed by atoms with van der Waals surface area (Å²) in [6.45, 7) is 0. The fourth-order valence-electron chi connectivity index (χ4n) is 1.52. The molecule has 1 N–H and O–H groups in total. The van der Waals surface area contributed by atoms with E-state index in [9.17, 15) is 9.59 Å². The van der Waals surface area contributed by atoms with E-state index in [0.29, 0.717) is 16.6 Å². The Bertz CT molecular complexity index is 426. The molecule has 0 aliphatic carbocycles. The molecule has 16 heavy (non-hydrogen) atoms. The molecule has 1 unspecified atom stereocenters. The number of amides is 1. The third-order valence-electron chi connectivity index (χ3n) is 2.35. The lowest BCUT2D eigenvalue weighted by Gasteiger charge is -2.10. The first-order chi connectivity index (χ1) is 7.59. The van der Waals surface area contributed by atoms with E-state index >= 15 is 0 Å². The highest BCUT2D eigenvalue weighted by Crippen LogP contribution is 2.21. The van der Waals surface area contributed by atoms with Crippen LogP contribution in [0.5, 0.6) is 0 Å². The summed E-state index contributed by atoms with van der Waals surface area (Å²) in [5.74, 6) is 0.504. The van der Waals surface area contributed by atoms with Crippen LogP contribution >= 0.6 is 27.7 Å². The second kappa shape index (κ2) is 4.58. The summed E-state index contributed by atoms with van der Waals surface area (Å²) >= 11 is 4.51. The highest BCUT2D eigenvalue weighted by molar-refractivity contribution is 9.10. The molecule has 0 saturated carbocycles. The van der Waals surface area contributed by atoms with Crippen molar-refractivity contribution in [2.45, 2.75) is 12.5 Å². The van der Waals surface area contributed by atoms with Crippen molar-refractivity contribution in [3.05, 3.63) is 16.4 Å². The molecule has 86 valence electrons. The van der Waals surface area contributed by atoms with E-state index in [2.05, 4.69) is 26.3 Å². The van der Waals surface area contributed by atoms with Gasteiger partial charge in [0.25, 0.3) is 5.91 Å². The minimum absolute atomic E-state index is 0.0339. The second-order valence-corrected chi connectivity index (χ2v) is 5.40. The maximum absolute atomic E-state index is 11.9.